The Morgan fingerprint density at radius 2 is 1.72 bits per heavy atom. The van der Waals surface area contributed by atoms with Crippen LogP contribution in [0.4, 0.5) is 0 Å². The van der Waals surface area contributed by atoms with Crippen molar-refractivity contribution in [2.75, 3.05) is 7.11 Å². The van der Waals surface area contributed by atoms with E-state index >= 15 is 0 Å². The summed E-state index contributed by atoms with van der Waals surface area (Å²) in [6.07, 6.45) is 2.12. The van der Waals surface area contributed by atoms with Crippen LogP contribution in [0.5, 0.6) is 5.75 Å². The molecule has 0 aliphatic carbocycles. The molecule has 5 nitrogen and oxygen atoms in total. The van der Waals surface area contributed by atoms with Gasteiger partial charge in [-0.05, 0) is 53.1 Å². The first-order chi connectivity index (χ1) is 14.0. The van der Waals surface area contributed by atoms with Crippen LogP contribution in [0.25, 0.3) is 16.8 Å². The molecule has 0 saturated carbocycles. The summed E-state index contributed by atoms with van der Waals surface area (Å²) in [5.41, 5.74) is 1.84. The third kappa shape index (κ3) is 5.69. The number of amides is 1. The zero-order valence-corrected chi connectivity index (χ0v) is 16.4. The van der Waals surface area contributed by atoms with Crippen molar-refractivity contribution in [2.45, 2.75) is 19.6 Å². The minimum absolute atomic E-state index is 0.338. The van der Waals surface area contributed by atoms with Gasteiger partial charge in [0.15, 0.2) is 6.10 Å². The Labute approximate surface area is 170 Å². The minimum atomic E-state index is -0.875. The van der Waals surface area contributed by atoms with Crippen LogP contribution in [0.1, 0.15) is 18.1 Å². The van der Waals surface area contributed by atoms with Crippen LogP contribution in [0.15, 0.2) is 72.8 Å². The first-order valence-corrected chi connectivity index (χ1v) is 9.33. The lowest BCUT2D eigenvalue weighted by Crippen LogP contribution is -2.35. The summed E-state index contributed by atoms with van der Waals surface area (Å²) >= 11 is 0. The molecule has 0 bridgehead atoms. The lowest BCUT2D eigenvalue weighted by molar-refractivity contribution is -0.150. The van der Waals surface area contributed by atoms with Crippen LogP contribution in [-0.2, 0) is 20.9 Å². The van der Waals surface area contributed by atoms with E-state index in [0.29, 0.717) is 6.54 Å². The molecule has 3 aromatic carbocycles. The van der Waals surface area contributed by atoms with E-state index < -0.39 is 12.1 Å². The number of carbonyl (C=O) groups excluding carboxylic acids is 2. The van der Waals surface area contributed by atoms with Crippen molar-refractivity contribution in [1.82, 2.24) is 5.32 Å². The molecule has 0 aliphatic rings. The number of hydrogen-bond donors (Lipinski definition) is 1. The quantitative estimate of drug-likeness (QED) is 0.488. The van der Waals surface area contributed by atoms with Crippen LogP contribution < -0.4 is 10.1 Å². The molecule has 0 radical (unpaired) electrons. The lowest BCUT2D eigenvalue weighted by atomic mass is 10.1. The largest absolute Gasteiger partial charge is 0.497 e. The molecule has 148 valence electrons. The number of benzene rings is 3. The van der Waals surface area contributed by atoms with Gasteiger partial charge in [-0.3, -0.25) is 4.79 Å². The van der Waals surface area contributed by atoms with Crippen molar-refractivity contribution in [1.29, 1.82) is 0 Å². The van der Waals surface area contributed by atoms with Crippen LogP contribution in [0, 0.1) is 0 Å². The van der Waals surface area contributed by atoms with E-state index in [9.17, 15) is 9.59 Å². The monoisotopic (exact) mass is 389 g/mol. The van der Waals surface area contributed by atoms with Crippen LogP contribution in [0.2, 0.25) is 0 Å². The Kier molecular flexibility index (Phi) is 6.63. The van der Waals surface area contributed by atoms with E-state index in [1.165, 1.54) is 6.08 Å². The molecule has 0 fully saturated rings. The Hall–Kier alpha value is -3.60. The number of esters is 1. The van der Waals surface area contributed by atoms with Gasteiger partial charge in [0.1, 0.15) is 5.75 Å². The third-order valence-corrected chi connectivity index (χ3v) is 4.46. The molecule has 1 atom stereocenters. The topological polar surface area (TPSA) is 64.6 Å². The number of ether oxygens (including phenoxy) is 2. The first kappa shape index (κ1) is 20.1. The van der Waals surface area contributed by atoms with Gasteiger partial charge in [0.25, 0.3) is 5.91 Å². The maximum atomic E-state index is 12.1. The molecule has 0 aliphatic heterocycles. The number of fused-ring (bicyclic) bond motifs is 1. The van der Waals surface area contributed by atoms with Crippen LogP contribution in [0.3, 0.4) is 0 Å². The van der Waals surface area contributed by atoms with E-state index in [0.717, 1.165) is 27.6 Å². The fourth-order valence-electron chi connectivity index (χ4n) is 2.83. The second kappa shape index (κ2) is 9.55. The predicted molar refractivity (Wildman–Crippen MR) is 113 cm³/mol. The molecule has 1 N–H and O–H groups in total. The summed E-state index contributed by atoms with van der Waals surface area (Å²) in [5, 5.41) is 4.84. The molecule has 3 aromatic rings. The summed E-state index contributed by atoms with van der Waals surface area (Å²) < 4.78 is 10.4. The van der Waals surface area contributed by atoms with Crippen molar-refractivity contribution in [3.63, 3.8) is 0 Å². The number of carbonyl (C=O) groups is 2. The number of methoxy groups -OCH3 is 1. The summed E-state index contributed by atoms with van der Waals surface area (Å²) in [4.78, 5) is 24.1. The molecular formula is C24H23NO4. The van der Waals surface area contributed by atoms with Crippen LogP contribution in [-0.4, -0.2) is 25.1 Å². The molecule has 0 saturated heterocycles. The predicted octanol–water partition coefficient (Wildman–Crippen LogP) is 4.11. The van der Waals surface area contributed by atoms with E-state index in [4.69, 9.17) is 9.47 Å². The summed E-state index contributed by atoms with van der Waals surface area (Å²) in [5.74, 6) is -0.110. The van der Waals surface area contributed by atoms with Crippen molar-refractivity contribution >= 4 is 28.7 Å². The van der Waals surface area contributed by atoms with Crippen LogP contribution >= 0.6 is 0 Å². The maximum Gasteiger partial charge on any atom is 0.331 e. The van der Waals surface area contributed by atoms with Crippen molar-refractivity contribution in [3.05, 3.63) is 83.9 Å². The van der Waals surface area contributed by atoms with Crippen molar-refractivity contribution < 1.29 is 19.1 Å². The maximum absolute atomic E-state index is 12.1. The van der Waals surface area contributed by atoms with Gasteiger partial charge in [-0.25, -0.2) is 4.79 Å². The fraction of sp³-hybridized carbons (Fsp3) is 0.167. The van der Waals surface area contributed by atoms with Gasteiger partial charge in [-0.2, -0.15) is 0 Å². The van der Waals surface area contributed by atoms with Gasteiger partial charge >= 0.3 is 5.97 Å². The normalized spacial score (nSPS) is 11.9. The third-order valence-electron chi connectivity index (χ3n) is 4.46. The fourth-order valence-corrected chi connectivity index (χ4v) is 2.83. The number of nitrogens with one attached hydrogen (secondary N) is 1. The lowest BCUT2D eigenvalue weighted by Gasteiger charge is -2.12. The summed E-state index contributed by atoms with van der Waals surface area (Å²) in [6, 6.07) is 21.2. The number of rotatable bonds is 7. The molecule has 1 amide bonds. The molecule has 3 rings (SSSR count). The number of hydrogen-bond acceptors (Lipinski definition) is 4. The highest BCUT2D eigenvalue weighted by molar-refractivity contribution is 5.92. The Morgan fingerprint density at radius 1 is 1.00 bits per heavy atom. The van der Waals surface area contributed by atoms with Gasteiger partial charge in [-0.15, -0.1) is 0 Å². The zero-order chi connectivity index (χ0) is 20.6. The smallest absolute Gasteiger partial charge is 0.331 e. The molecule has 5 heteroatoms. The zero-order valence-electron chi connectivity index (χ0n) is 16.4. The highest BCUT2D eigenvalue weighted by atomic mass is 16.5. The second-order valence-electron chi connectivity index (χ2n) is 6.59. The standard InChI is InChI=1S/C24H23NO4/c1-17(24(27)25-16-19-6-4-3-5-7-19)29-23(26)13-9-18-8-10-21-15-22(28-2)12-11-20(21)14-18/h3-15,17H,16H2,1-2H3,(H,25,27)/b13-9+/t17-/m0/s1. The molecule has 0 aromatic heterocycles. The average Bonchev–Trinajstić information content (AvgIpc) is 2.76. The second-order valence-corrected chi connectivity index (χ2v) is 6.59. The Morgan fingerprint density at radius 3 is 2.48 bits per heavy atom. The highest BCUT2D eigenvalue weighted by Gasteiger charge is 2.16. The average molecular weight is 389 g/mol. The summed E-state index contributed by atoms with van der Waals surface area (Å²) in [7, 11) is 1.63. The van der Waals surface area contributed by atoms with E-state index in [1.54, 1.807) is 20.1 Å². The highest BCUT2D eigenvalue weighted by Crippen LogP contribution is 2.22. The van der Waals surface area contributed by atoms with Gasteiger partial charge in [-0.1, -0.05) is 48.5 Å². The Bertz CT molecular complexity index is 1030. The van der Waals surface area contributed by atoms with Gasteiger partial charge < -0.3 is 14.8 Å². The van der Waals surface area contributed by atoms with E-state index in [2.05, 4.69) is 5.32 Å². The molecular weight excluding hydrogens is 366 g/mol. The van der Waals surface area contributed by atoms with Gasteiger partial charge in [0.05, 0.1) is 7.11 Å². The SMILES string of the molecule is COc1ccc2cc(/C=C/C(=O)O[C@@H](C)C(=O)NCc3ccccc3)ccc2c1. The molecule has 0 spiro atoms. The van der Waals surface area contributed by atoms with E-state index in [-0.39, 0.29) is 5.91 Å². The first-order valence-electron chi connectivity index (χ1n) is 9.33. The molecule has 0 unspecified atom stereocenters. The molecule has 29 heavy (non-hydrogen) atoms. The van der Waals surface area contributed by atoms with Gasteiger partial charge in [0.2, 0.25) is 0 Å². The minimum Gasteiger partial charge on any atom is -0.497 e. The summed E-state index contributed by atoms with van der Waals surface area (Å²) in [6.45, 7) is 1.94. The molecule has 0 heterocycles. The van der Waals surface area contributed by atoms with Crippen molar-refractivity contribution in [2.24, 2.45) is 0 Å². The van der Waals surface area contributed by atoms with E-state index in [1.807, 2.05) is 66.7 Å². The Balaban J connectivity index is 1.54. The van der Waals surface area contributed by atoms with Gasteiger partial charge in [0, 0.05) is 12.6 Å². The van der Waals surface area contributed by atoms with Crippen molar-refractivity contribution in [3.8, 4) is 5.75 Å².